The van der Waals surface area contributed by atoms with E-state index < -0.39 is 0 Å². The largest absolute Gasteiger partial charge is 0.381 e. The second kappa shape index (κ2) is 9.78. The second-order valence-corrected chi connectivity index (χ2v) is 6.73. The third-order valence-electron chi connectivity index (χ3n) is 3.71. The number of hydrogen-bond donors (Lipinski definition) is 2. The van der Waals surface area contributed by atoms with Gasteiger partial charge in [0.2, 0.25) is 0 Å². The van der Waals surface area contributed by atoms with E-state index in [1.165, 1.54) is 12.1 Å². The lowest BCUT2D eigenvalue weighted by atomic mass is 10.0. The molecule has 128 valence electrons. The maximum absolute atomic E-state index is 13.4. The number of carbonyl (C=O) groups is 1. The quantitative estimate of drug-likeness (QED) is 0.706. The molecular weight excluding hydrogens is 315 g/mol. The zero-order chi connectivity index (χ0) is 16.5. The lowest BCUT2D eigenvalue weighted by molar-refractivity contribution is 0.129. The van der Waals surface area contributed by atoms with Crippen LogP contribution in [-0.2, 0) is 4.74 Å². The average molecular weight is 340 g/mol. The van der Waals surface area contributed by atoms with E-state index in [4.69, 9.17) is 4.74 Å². The summed E-state index contributed by atoms with van der Waals surface area (Å²) in [7, 11) is 0. The van der Waals surface area contributed by atoms with Crippen molar-refractivity contribution in [2.75, 3.05) is 25.5 Å². The summed E-state index contributed by atoms with van der Waals surface area (Å²) in [6.45, 7) is 4.15. The number of rotatable bonds is 8. The van der Waals surface area contributed by atoms with E-state index in [0.717, 1.165) is 48.5 Å². The number of fused-ring (bicyclic) bond motifs is 1. The first kappa shape index (κ1) is 18.1. The lowest BCUT2D eigenvalue weighted by Gasteiger charge is -2.26. The lowest BCUT2D eigenvalue weighted by Crippen LogP contribution is -2.39. The number of amides is 2. The molecule has 6 heteroatoms. The van der Waals surface area contributed by atoms with Gasteiger partial charge in [-0.1, -0.05) is 13.3 Å². The Hall–Kier alpha value is -1.27. The molecule has 0 spiro atoms. The van der Waals surface area contributed by atoms with Gasteiger partial charge in [-0.2, -0.15) is 0 Å². The van der Waals surface area contributed by atoms with E-state index in [1.807, 2.05) is 0 Å². The summed E-state index contributed by atoms with van der Waals surface area (Å²) in [6, 6.07) is 4.45. The zero-order valence-electron chi connectivity index (χ0n) is 13.6. The molecular formula is C17H25FN2O2S. The first-order chi connectivity index (χ1) is 11.2. The molecule has 1 heterocycles. The number of hydrogen-bond acceptors (Lipinski definition) is 3. The van der Waals surface area contributed by atoms with Crippen molar-refractivity contribution in [3.8, 4) is 0 Å². The van der Waals surface area contributed by atoms with Crippen molar-refractivity contribution in [3.63, 3.8) is 0 Å². The van der Waals surface area contributed by atoms with Gasteiger partial charge in [-0.3, -0.25) is 0 Å². The van der Waals surface area contributed by atoms with Gasteiger partial charge in [0.15, 0.2) is 0 Å². The molecule has 0 saturated carbocycles. The number of thioether (sulfide) groups is 1. The van der Waals surface area contributed by atoms with Crippen molar-refractivity contribution in [1.82, 2.24) is 10.6 Å². The predicted molar refractivity (Wildman–Crippen MR) is 91.4 cm³/mol. The summed E-state index contributed by atoms with van der Waals surface area (Å²) >= 11 is 1.70. The van der Waals surface area contributed by atoms with Crippen LogP contribution in [0.15, 0.2) is 23.1 Å². The summed E-state index contributed by atoms with van der Waals surface area (Å²) in [4.78, 5) is 13.0. The number of unbranched alkanes of at least 4 members (excludes halogenated alkanes) is 1. The third kappa shape index (κ3) is 6.03. The van der Waals surface area contributed by atoms with Gasteiger partial charge in [-0.05, 0) is 43.0 Å². The van der Waals surface area contributed by atoms with E-state index in [1.54, 1.807) is 17.8 Å². The molecule has 1 aliphatic heterocycles. The van der Waals surface area contributed by atoms with E-state index >= 15 is 0 Å². The van der Waals surface area contributed by atoms with Crippen molar-refractivity contribution in [3.05, 3.63) is 29.6 Å². The van der Waals surface area contributed by atoms with Gasteiger partial charge in [0, 0.05) is 30.4 Å². The Kier molecular flexibility index (Phi) is 7.68. The molecule has 2 amide bonds. The summed E-state index contributed by atoms with van der Waals surface area (Å²) in [5.41, 5.74) is 0.874. The first-order valence-corrected chi connectivity index (χ1v) is 9.23. The van der Waals surface area contributed by atoms with Gasteiger partial charge >= 0.3 is 6.03 Å². The summed E-state index contributed by atoms with van der Waals surface area (Å²) < 4.78 is 18.9. The molecule has 0 aromatic heterocycles. The monoisotopic (exact) mass is 340 g/mol. The van der Waals surface area contributed by atoms with Crippen molar-refractivity contribution in [2.24, 2.45) is 0 Å². The van der Waals surface area contributed by atoms with Crippen LogP contribution >= 0.6 is 11.8 Å². The minimum Gasteiger partial charge on any atom is -0.381 e. The van der Waals surface area contributed by atoms with Crippen LogP contribution in [0, 0.1) is 5.82 Å². The standard InChI is InChI=1S/C17H25FN2O2S/c1-2-3-9-22-10-4-8-19-17(21)20-15-7-11-23-16-6-5-13(18)12-14(15)16/h5-6,12,15H,2-4,7-11H2,1H3,(H2,19,20,21). The topological polar surface area (TPSA) is 50.4 Å². The highest BCUT2D eigenvalue weighted by Crippen LogP contribution is 2.36. The number of nitrogens with one attached hydrogen (secondary N) is 2. The molecule has 1 aliphatic rings. The number of carbonyl (C=O) groups excluding carboxylic acids is 1. The number of ether oxygens (including phenoxy) is 1. The Morgan fingerprint density at radius 2 is 2.22 bits per heavy atom. The van der Waals surface area contributed by atoms with Gasteiger partial charge in [-0.15, -0.1) is 11.8 Å². The van der Waals surface area contributed by atoms with Gasteiger partial charge in [0.05, 0.1) is 6.04 Å². The molecule has 23 heavy (non-hydrogen) atoms. The molecule has 0 fully saturated rings. The Morgan fingerprint density at radius 1 is 1.39 bits per heavy atom. The average Bonchev–Trinajstić information content (AvgIpc) is 2.54. The molecule has 0 radical (unpaired) electrons. The Morgan fingerprint density at radius 3 is 3.04 bits per heavy atom. The van der Waals surface area contributed by atoms with Crippen LogP contribution in [0.5, 0.6) is 0 Å². The molecule has 0 aliphatic carbocycles. The number of urea groups is 1. The van der Waals surface area contributed by atoms with Gasteiger partial charge < -0.3 is 15.4 Å². The highest BCUT2D eigenvalue weighted by Gasteiger charge is 2.22. The molecule has 1 aromatic rings. The van der Waals surface area contributed by atoms with Crippen LogP contribution < -0.4 is 10.6 Å². The van der Waals surface area contributed by atoms with Crippen LogP contribution in [0.2, 0.25) is 0 Å². The second-order valence-electron chi connectivity index (χ2n) is 5.59. The first-order valence-electron chi connectivity index (χ1n) is 8.25. The molecule has 2 N–H and O–H groups in total. The summed E-state index contributed by atoms with van der Waals surface area (Å²) in [5, 5.41) is 5.78. The molecule has 0 saturated heterocycles. The Labute approximate surface area is 141 Å². The fraction of sp³-hybridized carbons (Fsp3) is 0.588. The molecule has 1 atom stereocenters. The fourth-order valence-electron chi connectivity index (χ4n) is 2.45. The van der Waals surface area contributed by atoms with Crippen molar-refractivity contribution >= 4 is 17.8 Å². The molecule has 4 nitrogen and oxygen atoms in total. The highest BCUT2D eigenvalue weighted by molar-refractivity contribution is 7.99. The SMILES string of the molecule is CCCCOCCCNC(=O)NC1CCSc2ccc(F)cc21. The van der Waals surface area contributed by atoms with E-state index in [9.17, 15) is 9.18 Å². The minimum absolute atomic E-state index is 0.122. The molecule has 0 bridgehead atoms. The Bertz CT molecular complexity index is 513. The molecule has 1 unspecified atom stereocenters. The van der Waals surface area contributed by atoms with Crippen molar-refractivity contribution in [1.29, 1.82) is 0 Å². The fourth-order valence-corrected chi connectivity index (χ4v) is 3.55. The van der Waals surface area contributed by atoms with Crippen LogP contribution in [0.3, 0.4) is 0 Å². The highest BCUT2D eigenvalue weighted by atomic mass is 32.2. The van der Waals surface area contributed by atoms with E-state index in [-0.39, 0.29) is 17.9 Å². The van der Waals surface area contributed by atoms with Crippen LogP contribution in [0.4, 0.5) is 9.18 Å². The smallest absolute Gasteiger partial charge is 0.315 e. The maximum atomic E-state index is 13.4. The third-order valence-corrected chi connectivity index (χ3v) is 4.83. The van der Waals surface area contributed by atoms with E-state index in [0.29, 0.717) is 13.2 Å². The normalized spacial score (nSPS) is 16.7. The number of halogens is 1. The summed E-state index contributed by atoms with van der Waals surface area (Å²) in [6.07, 6.45) is 3.81. The van der Waals surface area contributed by atoms with Gasteiger partial charge in [0.1, 0.15) is 5.82 Å². The molecule has 1 aromatic carbocycles. The van der Waals surface area contributed by atoms with Crippen molar-refractivity contribution < 1.29 is 13.9 Å². The summed E-state index contributed by atoms with van der Waals surface area (Å²) in [5.74, 6) is 0.664. The number of benzene rings is 1. The maximum Gasteiger partial charge on any atom is 0.315 e. The van der Waals surface area contributed by atoms with Crippen LogP contribution in [0.1, 0.15) is 44.2 Å². The Balaban J connectivity index is 1.71. The van der Waals surface area contributed by atoms with Gasteiger partial charge in [-0.25, -0.2) is 9.18 Å². The van der Waals surface area contributed by atoms with E-state index in [2.05, 4.69) is 17.6 Å². The van der Waals surface area contributed by atoms with Crippen LogP contribution in [0.25, 0.3) is 0 Å². The predicted octanol–water partition coefficient (Wildman–Crippen LogP) is 3.87. The minimum atomic E-state index is -0.261. The van der Waals surface area contributed by atoms with Crippen LogP contribution in [-0.4, -0.2) is 31.5 Å². The van der Waals surface area contributed by atoms with Gasteiger partial charge in [0.25, 0.3) is 0 Å². The zero-order valence-corrected chi connectivity index (χ0v) is 14.4. The molecule has 2 rings (SSSR count). The van der Waals surface area contributed by atoms with Crippen molar-refractivity contribution in [2.45, 2.75) is 43.5 Å².